The van der Waals surface area contributed by atoms with Crippen LogP contribution in [-0.4, -0.2) is 23.9 Å². The van der Waals surface area contributed by atoms with Gasteiger partial charge in [0.2, 0.25) is 11.2 Å². The second kappa shape index (κ2) is 6.55. The van der Waals surface area contributed by atoms with Gasteiger partial charge >= 0.3 is 12.3 Å². The van der Waals surface area contributed by atoms with E-state index < -0.39 is 47.6 Å². The van der Waals surface area contributed by atoms with Crippen LogP contribution in [0.3, 0.4) is 0 Å². The Morgan fingerprint density at radius 2 is 2.00 bits per heavy atom. The van der Waals surface area contributed by atoms with Crippen LogP contribution >= 0.6 is 0 Å². The van der Waals surface area contributed by atoms with E-state index in [9.17, 15) is 31.5 Å². The van der Waals surface area contributed by atoms with Crippen molar-refractivity contribution >= 4 is 5.97 Å². The van der Waals surface area contributed by atoms with Crippen molar-refractivity contribution in [2.24, 2.45) is 0 Å². The summed E-state index contributed by atoms with van der Waals surface area (Å²) in [5, 5.41) is 0. The number of pyridine rings is 1. The Labute approximate surface area is 114 Å². The number of ether oxygens (including phenoxy) is 2. The summed E-state index contributed by atoms with van der Waals surface area (Å²) in [7, 11) is 0. The Bertz CT molecular complexity index is 567. The third-order valence-electron chi connectivity index (χ3n) is 2.22. The van der Waals surface area contributed by atoms with Crippen LogP contribution in [0.5, 0.6) is 5.75 Å². The molecule has 21 heavy (non-hydrogen) atoms. The quantitative estimate of drug-likeness (QED) is 0.669. The largest absolute Gasteiger partial charge is 0.573 e. The van der Waals surface area contributed by atoms with E-state index in [0.29, 0.717) is 0 Å². The number of aromatic nitrogens is 1. The highest BCUT2D eigenvalue weighted by Gasteiger charge is 2.35. The van der Waals surface area contributed by atoms with Gasteiger partial charge in [0.25, 0.3) is 6.43 Å². The molecule has 0 unspecified atom stereocenters. The van der Waals surface area contributed by atoms with E-state index in [1.54, 1.807) is 0 Å². The van der Waals surface area contributed by atoms with E-state index in [1.165, 1.54) is 6.92 Å². The number of halogens is 5. The highest BCUT2D eigenvalue weighted by molar-refractivity contribution is 5.72. The predicted molar refractivity (Wildman–Crippen MR) is 59.0 cm³/mol. The summed E-state index contributed by atoms with van der Waals surface area (Å²) in [6.07, 6.45) is -8.64. The first kappa shape index (κ1) is 16.9. The minimum atomic E-state index is -5.32. The van der Waals surface area contributed by atoms with Gasteiger partial charge in [0.15, 0.2) is 0 Å². The minimum Gasteiger partial charge on any atom is -0.466 e. The Hall–Kier alpha value is -2.13. The van der Waals surface area contributed by atoms with E-state index in [2.05, 4.69) is 9.47 Å². The maximum atomic E-state index is 12.6. The zero-order valence-electron chi connectivity index (χ0n) is 10.6. The highest BCUT2D eigenvalue weighted by atomic mass is 19.4. The molecule has 0 bridgehead atoms. The van der Waals surface area contributed by atoms with E-state index in [1.807, 2.05) is 4.98 Å². The fourth-order valence-electron chi connectivity index (χ4n) is 1.44. The third-order valence-corrected chi connectivity index (χ3v) is 2.22. The van der Waals surface area contributed by atoms with Gasteiger partial charge in [0.05, 0.1) is 13.0 Å². The normalized spacial score (nSPS) is 11.6. The van der Waals surface area contributed by atoms with E-state index in [4.69, 9.17) is 0 Å². The summed E-state index contributed by atoms with van der Waals surface area (Å²) in [6.45, 7) is 1.48. The molecule has 0 fully saturated rings. The van der Waals surface area contributed by atoms with Gasteiger partial charge in [-0.2, -0.15) is 0 Å². The number of hydrogen-bond acceptors (Lipinski definition) is 4. The lowest BCUT2D eigenvalue weighted by Crippen LogP contribution is -2.26. The molecule has 1 aromatic heterocycles. The van der Waals surface area contributed by atoms with Crippen LogP contribution < -0.4 is 10.2 Å². The summed E-state index contributed by atoms with van der Waals surface area (Å²) in [4.78, 5) is 24.8. The summed E-state index contributed by atoms with van der Waals surface area (Å²) in [5.74, 6) is -2.47. The van der Waals surface area contributed by atoms with Gasteiger partial charge in [-0.1, -0.05) is 0 Å². The first-order chi connectivity index (χ1) is 9.65. The standard InChI is InChI=1S/C11H10F5NO4/c1-2-20-6(18)3-5-4-17-7(10(12)13)9(8(5)19)21-11(14,15)16/h4,10H,2-3H2,1H3,(H,17,19). The molecule has 0 aliphatic heterocycles. The van der Waals surface area contributed by atoms with Crippen LogP contribution in [0.1, 0.15) is 24.6 Å². The Kier molecular flexibility index (Phi) is 5.28. The van der Waals surface area contributed by atoms with Gasteiger partial charge in [-0.05, 0) is 6.92 Å². The van der Waals surface area contributed by atoms with Crippen LogP contribution in [0.25, 0.3) is 0 Å². The van der Waals surface area contributed by atoms with Gasteiger partial charge in [-0.15, -0.1) is 13.2 Å². The zero-order chi connectivity index (χ0) is 16.2. The molecule has 0 saturated carbocycles. The van der Waals surface area contributed by atoms with Crippen LogP contribution in [-0.2, 0) is 16.0 Å². The number of aromatic amines is 1. The van der Waals surface area contributed by atoms with Crippen molar-refractivity contribution in [2.75, 3.05) is 6.61 Å². The van der Waals surface area contributed by atoms with Gasteiger partial charge in [0.1, 0.15) is 5.69 Å². The van der Waals surface area contributed by atoms with Crippen LogP contribution in [0, 0.1) is 0 Å². The molecular weight excluding hydrogens is 305 g/mol. The van der Waals surface area contributed by atoms with E-state index in [-0.39, 0.29) is 6.61 Å². The van der Waals surface area contributed by atoms with Crippen molar-refractivity contribution in [1.82, 2.24) is 4.98 Å². The summed E-state index contributed by atoms with van der Waals surface area (Å²) in [6, 6.07) is 0. The number of carbonyl (C=O) groups is 1. The number of alkyl halides is 5. The third kappa shape index (κ3) is 4.72. The topological polar surface area (TPSA) is 68.4 Å². The van der Waals surface area contributed by atoms with Crippen molar-refractivity contribution < 1.29 is 36.2 Å². The molecule has 118 valence electrons. The van der Waals surface area contributed by atoms with E-state index >= 15 is 0 Å². The Balaban J connectivity index is 3.23. The Morgan fingerprint density at radius 1 is 1.38 bits per heavy atom. The van der Waals surface area contributed by atoms with Gasteiger partial charge in [-0.3, -0.25) is 9.59 Å². The van der Waals surface area contributed by atoms with E-state index in [0.717, 1.165) is 6.20 Å². The van der Waals surface area contributed by atoms with Crippen molar-refractivity contribution in [3.05, 3.63) is 27.7 Å². The van der Waals surface area contributed by atoms with Gasteiger partial charge in [0, 0.05) is 11.8 Å². The van der Waals surface area contributed by atoms with Gasteiger partial charge in [-0.25, -0.2) is 8.78 Å². The molecule has 10 heteroatoms. The molecule has 0 amide bonds. The van der Waals surface area contributed by atoms with Crippen molar-refractivity contribution in [2.45, 2.75) is 26.1 Å². The molecule has 5 nitrogen and oxygen atoms in total. The Morgan fingerprint density at radius 3 is 2.48 bits per heavy atom. The fourth-order valence-corrected chi connectivity index (χ4v) is 1.44. The summed E-state index contributed by atoms with van der Waals surface area (Å²) in [5.41, 5.74) is -3.24. The van der Waals surface area contributed by atoms with Crippen LogP contribution in [0.2, 0.25) is 0 Å². The lowest BCUT2D eigenvalue weighted by Gasteiger charge is -2.13. The lowest BCUT2D eigenvalue weighted by atomic mass is 10.1. The number of H-pyrrole nitrogens is 1. The smallest absolute Gasteiger partial charge is 0.466 e. The first-order valence-corrected chi connectivity index (χ1v) is 5.59. The molecule has 1 rings (SSSR count). The van der Waals surface area contributed by atoms with Crippen molar-refractivity contribution in [3.63, 3.8) is 0 Å². The number of hydrogen-bond donors (Lipinski definition) is 1. The van der Waals surface area contributed by atoms with Crippen LogP contribution in [0.15, 0.2) is 11.0 Å². The monoisotopic (exact) mass is 315 g/mol. The summed E-state index contributed by atoms with van der Waals surface area (Å²) >= 11 is 0. The van der Waals surface area contributed by atoms with Gasteiger partial charge < -0.3 is 14.5 Å². The molecule has 0 spiro atoms. The second-order valence-corrected chi connectivity index (χ2v) is 3.72. The molecule has 0 aromatic carbocycles. The minimum absolute atomic E-state index is 0.00222. The SMILES string of the molecule is CCOC(=O)Cc1c[nH]c(C(F)F)c(OC(F)(F)F)c1=O. The average molecular weight is 315 g/mol. The van der Waals surface area contributed by atoms with Crippen LogP contribution in [0.4, 0.5) is 22.0 Å². The average Bonchev–Trinajstić information content (AvgIpc) is 2.32. The molecule has 1 heterocycles. The molecular formula is C11H10F5NO4. The number of carbonyl (C=O) groups excluding carboxylic acids is 1. The number of rotatable bonds is 5. The lowest BCUT2D eigenvalue weighted by molar-refractivity contribution is -0.275. The maximum Gasteiger partial charge on any atom is 0.573 e. The maximum absolute atomic E-state index is 12.6. The molecule has 0 radical (unpaired) electrons. The summed E-state index contributed by atoms with van der Waals surface area (Å²) < 4.78 is 69.5. The number of esters is 1. The molecule has 0 aliphatic carbocycles. The molecule has 1 N–H and O–H groups in total. The number of nitrogens with one attached hydrogen (secondary N) is 1. The van der Waals surface area contributed by atoms with Crippen molar-refractivity contribution in [3.8, 4) is 5.75 Å². The molecule has 1 aromatic rings. The zero-order valence-corrected chi connectivity index (χ0v) is 10.6. The fraction of sp³-hybridized carbons (Fsp3) is 0.455. The predicted octanol–water partition coefficient (Wildman–Crippen LogP) is 2.32. The molecule has 0 atom stereocenters. The first-order valence-electron chi connectivity index (χ1n) is 5.59. The second-order valence-electron chi connectivity index (χ2n) is 3.72. The van der Waals surface area contributed by atoms with Crippen molar-refractivity contribution in [1.29, 1.82) is 0 Å². The highest BCUT2D eigenvalue weighted by Crippen LogP contribution is 2.28. The molecule has 0 saturated heterocycles. The molecule has 0 aliphatic rings.